The molecule has 1 aromatic rings. The third kappa shape index (κ3) is 9.31. The van der Waals surface area contributed by atoms with E-state index in [1.165, 1.54) is 6.08 Å². The van der Waals surface area contributed by atoms with E-state index in [1.54, 1.807) is 37.3 Å². The van der Waals surface area contributed by atoms with Crippen molar-refractivity contribution in [1.29, 1.82) is 0 Å². The van der Waals surface area contributed by atoms with Crippen LogP contribution in [-0.2, 0) is 14.3 Å². The SMILES string of the molecule is C=C(C)C(CCC(C)=CC=CC(=O)O)OC(=O)C(Cl)Oc1ccc(Cl)cc1. The summed E-state index contributed by atoms with van der Waals surface area (Å²) in [5.41, 5.74) is 0.311. The zero-order chi connectivity index (χ0) is 20.4. The Balaban J connectivity index is 2.59. The molecule has 7 heteroatoms. The van der Waals surface area contributed by atoms with Crippen LogP contribution in [0.3, 0.4) is 0 Å². The maximum absolute atomic E-state index is 12.2. The molecule has 0 saturated heterocycles. The predicted molar refractivity (Wildman–Crippen MR) is 106 cm³/mol. The lowest BCUT2D eigenvalue weighted by molar-refractivity contribution is -0.152. The molecule has 0 spiro atoms. The zero-order valence-corrected chi connectivity index (χ0v) is 16.7. The lowest BCUT2D eigenvalue weighted by Gasteiger charge is -2.20. The van der Waals surface area contributed by atoms with Gasteiger partial charge < -0.3 is 14.6 Å². The summed E-state index contributed by atoms with van der Waals surface area (Å²) >= 11 is 11.8. The van der Waals surface area contributed by atoms with E-state index in [1.807, 2.05) is 6.92 Å². The smallest absolute Gasteiger partial charge is 0.363 e. The highest BCUT2D eigenvalue weighted by atomic mass is 35.5. The highest BCUT2D eigenvalue weighted by Gasteiger charge is 2.23. The van der Waals surface area contributed by atoms with E-state index in [4.69, 9.17) is 37.8 Å². The summed E-state index contributed by atoms with van der Waals surface area (Å²) in [4.78, 5) is 22.6. The third-order valence-electron chi connectivity index (χ3n) is 3.47. The average molecular weight is 413 g/mol. The molecule has 0 aliphatic heterocycles. The molecule has 2 unspecified atom stereocenters. The minimum absolute atomic E-state index is 0.396. The number of carbonyl (C=O) groups is 2. The summed E-state index contributed by atoms with van der Waals surface area (Å²) in [5.74, 6) is -1.33. The van der Waals surface area contributed by atoms with Crippen molar-refractivity contribution < 1.29 is 24.2 Å². The van der Waals surface area contributed by atoms with Gasteiger partial charge in [0.15, 0.2) is 0 Å². The Morgan fingerprint density at radius 1 is 1.26 bits per heavy atom. The normalized spacial score (nSPS) is 13.9. The molecule has 27 heavy (non-hydrogen) atoms. The summed E-state index contributed by atoms with van der Waals surface area (Å²) in [6, 6.07) is 6.44. The fourth-order valence-electron chi connectivity index (χ4n) is 2.02. The Labute approximate surface area is 168 Å². The molecule has 0 aromatic heterocycles. The first-order valence-electron chi connectivity index (χ1n) is 8.18. The molecule has 0 heterocycles. The highest BCUT2D eigenvalue weighted by Crippen LogP contribution is 2.20. The molecule has 0 saturated carbocycles. The fraction of sp³-hybridized carbons (Fsp3) is 0.300. The molecule has 5 nitrogen and oxygen atoms in total. The number of rotatable bonds is 10. The first kappa shape index (κ1) is 22.8. The maximum Gasteiger partial charge on any atom is 0.363 e. The van der Waals surface area contributed by atoms with Gasteiger partial charge >= 0.3 is 11.9 Å². The molecule has 1 N–H and O–H groups in total. The standard InChI is InChI=1S/C20H22Cl2O5/c1-13(2)17(12-7-14(3)5-4-6-18(23)24)27-20(25)19(22)26-16-10-8-15(21)9-11-16/h4-6,8-11,17,19H,1,7,12H2,2-3H3,(H,23,24). The molecule has 1 aromatic carbocycles. The van der Waals surface area contributed by atoms with Gasteiger partial charge in [0.2, 0.25) is 0 Å². The van der Waals surface area contributed by atoms with Crippen molar-refractivity contribution in [2.45, 2.75) is 38.4 Å². The van der Waals surface area contributed by atoms with Gasteiger partial charge in [0, 0.05) is 11.1 Å². The predicted octanol–water partition coefficient (Wildman–Crippen LogP) is 5.14. The van der Waals surface area contributed by atoms with Crippen molar-refractivity contribution in [3.63, 3.8) is 0 Å². The van der Waals surface area contributed by atoms with Crippen LogP contribution in [0.5, 0.6) is 5.75 Å². The van der Waals surface area contributed by atoms with Crippen LogP contribution in [0.25, 0.3) is 0 Å². The van der Waals surface area contributed by atoms with Crippen LogP contribution in [0.4, 0.5) is 0 Å². The van der Waals surface area contributed by atoms with Gasteiger partial charge in [-0.3, -0.25) is 0 Å². The molecular formula is C20H22Cl2O5. The van der Waals surface area contributed by atoms with Gasteiger partial charge in [-0.15, -0.1) is 0 Å². The molecule has 146 valence electrons. The van der Waals surface area contributed by atoms with Crippen LogP contribution in [0.2, 0.25) is 5.02 Å². The number of alkyl halides is 1. The Morgan fingerprint density at radius 2 is 1.89 bits per heavy atom. The molecule has 0 bridgehead atoms. The van der Waals surface area contributed by atoms with Crippen LogP contribution in [0.15, 0.2) is 60.2 Å². The first-order chi connectivity index (χ1) is 12.7. The van der Waals surface area contributed by atoms with E-state index < -0.39 is 23.6 Å². The van der Waals surface area contributed by atoms with Gasteiger partial charge in [0.1, 0.15) is 11.9 Å². The van der Waals surface area contributed by atoms with Crippen LogP contribution in [0, 0.1) is 0 Å². The van der Waals surface area contributed by atoms with Crippen molar-refractivity contribution in [3.05, 3.63) is 65.2 Å². The fourth-order valence-corrected chi connectivity index (χ4v) is 2.30. The number of benzene rings is 1. The van der Waals surface area contributed by atoms with E-state index in [9.17, 15) is 9.59 Å². The first-order valence-corrected chi connectivity index (χ1v) is 8.99. The van der Waals surface area contributed by atoms with Crippen LogP contribution < -0.4 is 4.74 Å². The number of hydrogen-bond donors (Lipinski definition) is 1. The number of allylic oxidation sites excluding steroid dienone is 3. The topological polar surface area (TPSA) is 72.8 Å². The minimum Gasteiger partial charge on any atom is -0.478 e. The number of carbonyl (C=O) groups excluding carboxylic acids is 1. The number of aliphatic carboxylic acids is 1. The second kappa shape index (κ2) is 11.5. The largest absolute Gasteiger partial charge is 0.478 e. The minimum atomic E-state index is -1.30. The van der Waals surface area contributed by atoms with Gasteiger partial charge in [-0.1, -0.05) is 47.5 Å². The molecule has 0 fully saturated rings. The van der Waals surface area contributed by atoms with Gasteiger partial charge in [0.05, 0.1) is 0 Å². The molecule has 2 atom stereocenters. The summed E-state index contributed by atoms with van der Waals surface area (Å²) in [5, 5.41) is 9.11. The number of carboxylic acid groups (broad SMARTS) is 1. The van der Waals surface area contributed by atoms with Gasteiger partial charge in [0.25, 0.3) is 5.56 Å². The highest BCUT2D eigenvalue weighted by molar-refractivity contribution is 6.30. The number of halogens is 2. The van der Waals surface area contributed by atoms with E-state index in [-0.39, 0.29) is 0 Å². The average Bonchev–Trinajstić information content (AvgIpc) is 2.59. The van der Waals surface area contributed by atoms with Gasteiger partial charge in [-0.25, -0.2) is 9.59 Å². The van der Waals surface area contributed by atoms with E-state index in [0.717, 1.165) is 11.6 Å². The van der Waals surface area contributed by atoms with Crippen molar-refractivity contribution in [1.82, 2.24) is 0 Å². The molecule has 0 aliphatic carbocycles. The Bertz CT molecular complexity index is 722. The Kier molecular flexibility index (Phi) is 9.68. The van der Waals surface area contributed by atoms with Gasteiger partial charge in [-0.05, 0) is 56.5 Å². The molecule has 0 aliphatic rings. The summed E-state index contributed by atoms with van der Waals surface area (Å²) in [7, 11) is 0. The van der Waals surface area contributed by atoms with Crippen LogP contribution in [-0.4, -0.2) is 28.7 Å². The van der Waals surface area contributed by atoms with Crippen molar-refractivity contribution in [3.8, 4) is 5.75 Å². The quantitative estimate of drug-likeness (QED) is 0.189. The Morgan fingerprint density at radius 3 is 2.44 bits per heavy atom. The van der Waals surface area contributed by atoms with Crippen molar-refractivity contribution in [2.75, 3.05) is 0 Å². The molecule has 0 radical (unpaired) electrons. The van der Waals surface area contributed by atoms with E-state index in [2.05, 4.69) is 6.58 Å². The molecule has 0 amide bonds. The molecule has 1 rings (SSSR count). The third-order valence-corrected chi connectivity index (χ3v) is 3.99. The molecular weight excluding hydrogens is 391 g/mol. The zero-order valence-electron chi connectivity index (χ0n) is 15.2. The van der Waals surface area contributed by atoms with Crippen LogP contribution >= 0.6 is 23.2 Å². The number of ether oxygens (including phenoxy) is 2. The second-order valence-corrected chi connectivity index (χ2v) is 6.74. The lowest BCUT2D eigenvalue weighted by atomic mass is 10.0. The summed E-state index contributed by atoms with van der Waals surface area (Å²) in [6.45, 7) is 7.45. The summed E-state index contributed by atoms with van der Waals surface area (Å²) in [6.07, 6.45) is 4.76. The second-order valence-electron chi connectivity index (χ2n) is 5.91. The van der Waals surface area contributed by atoms with E-state index in [0.29, 0.717) is 29.2 Å². The number of esters is 1. The Hall–Kier alpha value is -2.24. The number of carboxylic acids is 1. The summed E-state index contributed by atoms with van der Waals surface area (Å²) < 4.78 is 10.7. The van der Waals surface area contributed by atoms with Crippen molar-refractivity contribution in [2.24, 2.45) is 0 Å². The van der Waals surface area contributed by atoms with E-state index >= 15 is 0 Å². The maximum atomic E-state index is 12.2. The van der Waals surface area contributed by atoms with Crippen LogP contribution in [0.1, 0.15) is 26.7 Å². The lowest BCUT2D eigenvalue weighted by Crippen LogP contribution is -2.29. The number of hydrogen-bond acceptors (Lipinski definition) is 4. The monoisotopic (exact) mass is 412 g/mol. The van der Waals surface area contributed by atoms with Crippen molar-refractivity contribution >= 4 is 35.1 Å². The van der Waals surface area contributed by atoms with Gasteiger partial charge in [-0.2, -0.15) is 0 Å².